The first-order chi connectivity index (χ1) is 11.5. The van der Waals surface area contributed by atoms with Crippen molar-refractivity contribution in [2.45, 2.75) is 39.7 Å². The van der Waals surface area contributed by atoms with Gasteiger partial charge in [0.05, 0.1) is 11.4 Å². The average Bonchev–Trinajstić information content (AvgIpc) is 3.12. The summed E-state index contributed by atoms with van der Waals surface area (Å²) >= 11 is 0. The first kappa shape index (κ1) is 22.2. The minimum atomic E-state index is -3.05. The van der Waals surface area contributed by atoms with Crippen LogP contribution in [0.2, 0.25) is 0 Å². The summed E-state index contributed by atoms with van der Waals surface area (Å²) in [5.41, 5.74) is 2.03. The van der Waals surface area contributed by atoms with Gasteiger partial charge in [-0.25, -0.2) is 12.7 Å². The molecule has 0 aliphatic carbocycles. The quantitative estimate of drug-likeness (QED) is 0.341. The van der Waals surface area contributed by atoms with Gasteiger partial charge in [-0.1, -0.05) is 19.0 Å². The third kappa shape index (κ3) is 5.81. The van der Waals surface area contributed by atoms with Gasteiger partial charge < -0.3 is 15.2 Å². The van der Waals surface area contributed by atoms with E-state index in [-0.39, 0.29) is 29.7 Å². The van der Waals surface area contributed by atoms with E-state index in [1.165, 1.54) is 4.31 Å². The molecule has 25 heavy (non-hydrogen) atoms. The fourth-order valence-corrected chi connectivity index (χ4v) is 4.30. The number of sulfonamides is 1. The highest BCUT2D eigenvalue weighted by atomic mass is 127. The lowest BCUT2D eigenvalue weighted by atomic mass is 10.1. The van der Waals surface area contributed by atoms with Gasteiger partial charge in [0.1, 0.15) is 5.76 Å². The van der Waals surface area contributed by atoms with Crippen molar-refractivity contribution in [3.63, 3.8) is 0 Å². The summed E-state index contributed by atoms with van der Waals surface area (Å²) < 4.78 is 30.4. The molecule has 2 rings (SSSR count). The van der Waals surface area contributed by atoms with Crippen molar-refractivity contribution in [2.75, 3.05) is 32.4 Å². The van der Waals surface area contributed by atoms with Crippen LogP contribution in [0, 0.1) is 0 Å². The van der Waals surface area contributed by atoms with Crippen LogP contribution in [0.4, 0.5) is 0 Å². The molecular formula is C15H28IN5O3S. The van der Waals surface area contributed by atoms with E-state index >= 15 is 0 Å². The van der Waals surface area contributed by atoms with E-state index in [0.717, 1.165) is 29.9 Å². The molecule has 0 spiro atoms. The molecule has 0 bridgehead atoms. The van der Waals surface area contributed by atoms with Crippen molar-refractivity contribution < 1.29 is 12.9 Å². The maximum Gasteiger partial charge on any atom is 0.214 e. The first-order valence-corrected chi connectivity index (χ1v) is 10.0. The van der Waals surface area contributed by atoms with Crippen LogP contribution in [0.25, 0.3) is 0 Å². The Hall–Kier alpha value is -0.880. The number of aliphatic imine (C=N–C) groups is 1. The molecule has 8 nitrogen and oxygen atoms in total. The minimum Gasteiger partial charge on any atom is -0.361 e. The molecule has 1 aliphatic heterocycles. The predicted octanol–water partition coefficient (Wildman–Crippen LogP) is 1.12. The van der Waals surface area contributed by atoms with Crippen LogP contribution in [0.3, 0.4) is 0 Å². The lowest BCUT2D eigenvalue weighted by Gasteiger charge is -2.16. The molecule has 10 heteroatoms. The molecule has 2 heterocycles. The summed E-state index contributed by atoms with van der Waals surface area (Å²) in [5.74, 6) is 1.78. The van der Waals surface area contributed by atoms with E-state index in [1.807, 2.05) is 13.8 Å². The molecule has 0 radical (unpaired) electrons. The standard InChI is InChI=1S/C15H27N5O3S.HI/c1-4-13-12(14(5-2)23-19-13)11-18-15(16-3)17-7-9-20-8-6-10-24(20,21)22;/h4-11H2,1-3H3,(H2,16,17,18);1H. The maximum absolute atomic E-state index is 11.8. The molecule has 0 unspecified atom stereocenters. The fraction of sp³-hybridized carbons (Fsp3) is 0.733. The lowest BCUT2D eigenvalue weighted by Crippen LogP contribution is -2.41. The Kier molecular flexibility index (Phi) is 9.14. The maximum atomic E-state index is 11.8. The van der Waals surface area contributed by atoms with Crippen LogP contribution in [-0.4, -0.2) is 56.3 Å². The third-order valence-corrected chi connectivity index (χ3v) is 6.08. The number of aromatic nitrogens is 1. The van der Waals surface area contributed by atoms with Crippen molar-refractivity contribution in [1.29, 1.82) is 0 Å². The number of hydrogen-bond donors (Lipinski definition) is 2. The van der Waals surface area contributed by atoms with Crippen LogP contribution in [0.5, 0.6) is 0 Å². The smallest absolute Gasteiger partial charge is 0.214 e. The Labute approximate surface area is 166 Å². The number of guanidine groups is 1. The Balaban J connectivity index is 0.00000312. The Morgan fingerprint density at radius 2 is 2.08 bits per heavy atom. The van der Waals surface area contributed by atoms with Crippen LogP contribution in [-0.2, 0) is 29.4 Å². The molecule has 144 valence electrons. The summed E-state index contributed by atoms with van der Waals surface area (Å²) in [7, 11) is -1.35. The second-order valence-electron chi connectivity index (χ2n) is 5.66. The molecule has 1 aromatic rings. The monoisotopic (exact) mass is 485 g/mol. The number of hydrogen-bond acceptors (Lipinski definition) is 5. The van der Waals surface area contributed by atoms with Gasteiger partial charge in [-0.05, 0) is 12.8 Å². The van der Waals surface area contributed by atoms with E-state index in [2.05, 4.69) is 20.8 Å². The van der Waals surface area contributed by atoms with Crippen LogP contribution < -0.4 is 10.6 Å². The van der Waals surface area contributed by atoms with Gasteiger partial charge >= 0.3 is 0 Å². The number of halogens is 1. The minimum absolute atomic E-state index is 0. The van der Waals surface area contributed by atoms with Crippen LogP contribution in [0.1, 0.15) is 37.3 Å². The molecule has 2 N–H and O–H groups in total. The normalized spacial score (nSPS) is 17.3. The van der Waals surface area contributed by atoms with Crippen LogP contribution >= 0.6 is 24.0 Å². The average molecular weight is 485 g/mol. The zero-order valence-corrected chi connectivity index (χ0v) is 18.2. The molecule has 1 aromatic heterocycles. The van der Waals surface area contributed by atoms with Crippen molar-refractivity contribution >= 4 is 40.0 Å². The number of aryl methyl sites for hydroxylation is 2. The second kappa shape index (κ2) is 10.3. The van der Waals surface area contributed by atoms with E-state index in [1.54, 1.807) is 7.05 Å². The third-order valence-electron chi connectivity index (χ3n) is 4.12. The van der Waals surface area contributed by atoms with E-state index < -0.39 is 10.0 Å². The topological polar surface area (TPSA) is 99.8 Å². The Morgan fingerprint density at radius 1 is 1.32 bits per heavy atom. The summed E-state index contributed by atoms with van der Waals surface area (Å²) in [6, 6.07) is 0. The lowest BCUT2D eigenvalue weighted by molar-refractivity contribution is 0.380. The molecular weight excluding hydrogens is 457 g/mol. The van der Waals surface area contributed by atoms with Gasteiger partial charge in [0, 0.05) is 45.2 Å². The Morgan fingerprint density at radius 3 is 2.64 bits per heavy atom. The number of rotatable bonds is 7. The van der Waals surface area contributed by atoms with Gasteiger partial charge in [-0.2, -0.15) is 0 Å². The first-order valence-electron chi connectivity index (χ1n) is 8.40. The largest absolute Gasteiger partial charge is 0.361 e. The van der Waals surface area contributed by atoms with Crippen LogP contribution in [0.15, 0.2) is 9.52 Å². The van der Waals surface area contributed by atoms with E-state index in [4.69, 9.17) is 4.52 Å². The summed E-state index contributed by atoms with van der Waals surface area (Å²) in [5, 5.41) is 10.5. The molecule has 0 aromatic carbocycles. The number of nitrogens with zero attached hydrogens (tertiary/aromatic N) is 3. The van der Waals surface area contributed by atoms with Crippen molar-refractivity contribution in [3.05, 3.63) is 17.0 Å². The molecule has 0 atom stereocenters. The van der Waals surface area contributed by atoms with Gasteiger partial charge in [-0.15, -0.1) is 24.0 Å². The van der Waals surface area contributed by atoms with Gasteiger partial charge in [0.25, 0.3) is 0 Å². The molecule has 1 saturated heterocycles. The van der Waals surface area contributed by atoms with Crippen molar-refractivity contribution in [2.24, 2.45) is 4.99 Å². The Bertz CT molecular complexity index is 653. The van der Waals surface area contributed by atoms with E-state index in [0.29, 0.717) is 38.6 Å². The van der Waals surface area contributed by atoms with Crippen molar-refractivity contribution in [1.82, 2.24) is 20.1 Å². The highest BCUT2D eigenvalue weighted by Gasteiger charge is 2.27. The second-order valence-corrected chi connectivity index (χ2v) is 7.75. The zero-order chi connectivity index (χ0) is 17.6. The van der Waals surface area contributed by atoms with E-state index in [9.17, 15) is 8.42 Å². The predicted molar refractivity (Wildman–Crippen MR) is 109 cm³/mol. The van der Waals surface area contributed by atoms with Gasteiger partial charge in [-0.3, -0.25) is 4.99 Å². The van der Waals surface area contributed by atoms with Crippen molar-refractivity contribution in [3.8, 4) is 0 Å². The summed E-state index contributed by atoms with van der Waals surface area (Å²) in [4.78, 5) is 4.17. The molecule has 0 amide bonds. The summed E-state index contributed by atoms with van der Waals surface area (Å²) in [6.45, 7) is 6.24. The highest BCUT2D eigenvalue weighted by Crippen LogP contribution is 2.15. The molecule has 1 fully saturated rings. The zero-order valence-electron chi connectivity index (χ0n) is 15.0. The van der Waals surface area contributed by atoms with Gasteiger partial charge in [0.15, 0.2) is 5.96 Å². The van der Waals surface area contributed by atoms with Gasteiger partial charge in [0.2, 0.25) is 10.0 Å². The highest BCUT2D eigenvalue weighted by molar-refractivity contribution is 14.0. The number of nitrogens with one attached hydrogen (secondary N) is 2. The fourth-order valence-electron chi connectivity index (χ4n) is 2.77. The SMILES string of the molecule is CCc1noc(CC)c1CNC(=NC)NCCN1CCCS1(=O)=O.I. The molecule has 0 saturated carbocycles. The molecule has 1 aliphatic rings. The summed E-state index contributed by atoms with van der Waals surface area (Å²) in [6.07, 6.45) is 2.32.